The molecule has 0 N–H and O–H groups in total. The van der Waals surface area contributed by atoms with Gasteiger partial charge in [-0.2, -0.15) is 18.4 Å². The summed E-state index contributed by atoms with van der Waals surface area (Å²) in [6, 6.07) is 10.5. The van der Waals surface area contributed by atoms with Crippen LogP contribution in [0.15, 0.2) is 50.9 Å². The van der Waals surface area contributed by atoms with Gasteiger partial charge in [-0.05, 0) is 66.3 Å². The van der Waals surface area contributed by atoms with Gasteiger partial charge in [0, 0.05) is 11.1 Å². The third-order valence-corrected chi connectivity index (χ3v) is 6.85. The van der Waals surface area contributed by atoms with Crippen molar-refractivity contribution in [3.8, 4) is 17.7 Å². The molecule has 0 spiro atoms. The lowest BCUT2D eigenvalue weighted by Crippen LogP contribution is -2.03. The minimum Gasteiger partial charge on any atom is -0.435 e. The molecule has 0 unspecified atom stereocenters. The lowest BCUT2D eigenvalue weighted by molar-refractivity contribution is -0.0328. The molecule has 0 amide bonds. The summed E-state index contributed by atoms with van der Waals surface area (Å²) in [6.45, 7) is 2.02. The van der Waals surface area contributed by atoms with E-state index in [2.05, 4.69) is 11.1 Å². The molecule has 158 valence electrons. The molecule has 0 bridgehead atoms. The number of alkyl halides is 3. The highest BCUT2D eigenvalue weighted by molar-refractivity contribution is 8.00. The van der Waals surface area contributed by atoms with E-state index in [1.165, 1.54) is 18.2 Å². The molecule has 10 heteroatoms. The smallest absolute Gasteiger partial charge is 0.435 e. The first-order valence-electron chi connectivity index (χ1n) is 9.55. The van der Waals surface area contributed by atoms with E-state index in [9.17, 15) is 18.4 Å². The summed E-state index contributed by atoms with van der Waals surface area (Å²) in [7, 11) is 0. The zero-order chi connectivity index (χ0) is 21.8. The number of hydrogen-bond acceptors (Lipinski definition) is 6. The number of imidazole rings is 1. The average Bonchev–Trinajstić information content (AvgIpc) is 3.29. The number of rotatable bonds is 5. The van der Waals surface area contributed by atoms with Gasteiger partial charge in [-0.1, -0.05) is 6.92 Å². The monoisotopic (exact) mass is 460 g/mol. The van der Waals surface area contributed by atoms with Crippen molar-refractivity contribution in [2.75, 3.05) is 5.75 Å². The Morgan fingerprint density at radius 2 is 2.03 bits per heavy atom. The first-order valence-corrected chi connectivity index (χ1v) is 11.4. The average molecular weight is 461 g/mol. The van der Waals surface area contributed by atoms with Gasteiger partial charge in [0.15, 0.2) is 11.3 Å². The number of nitrogens with zero attached hydrogens (tertiary/aromatic N) is 4. The van der Waals surface area contributed by atoms with Gasteiger partial charge >= 0.3 is 5.51 Å². The van der Waals surface area contributed by atoms with E-state index >= 15 is 0 Å². The minimum atomic E-state index is -4.37. The van der Waals surface area contributed by atoms with Crippen LogP contribution in [0.3, 0.4) is 0 Å². The Morgan fingerprint density at radius 1 is 1.23 bits per heavy atom. The van der Waals surface area contributed by atoms with Gasteiger partial charge in [0.1, 0.15) is 16.2 Å². The van der Waals surface area contributed by atoms with Gasteiger partial charge in [0.25, 0.3) is 0 Å². The second-order valence-electron chi connectivity index (χ2n) is 7.23. The van der Waals surface area contributed by atoms with Gasteiger partial charge in [-0.3, -0.25) is 4.40 Å². The molecule has 1 aromatic carbocycles. The maximum Gasteiger partial charge on any atom is 0.446 e. The first-order chi connectivity index (χ1) is 14.8. The highest BCUT2D eigenvalue weighted by Crippen LogP contribution is 2.48. The van der Waals surface area contributed by atoms with E-state index in [4.69, 9.17) is 9.40 Å². The number of oxazole rings is 1. The maximum atomic E-state index is 12.7. The fourth-order valence-corrected chi connectivity index (χ4v) is 4.94. The largest absolute Gasteiger partial charge is 0.446 e. The lowest BCUT2D eigenvalue weighted by Gasteiger charge is -2.07. The molecule has 0 radical (unpaired) electrons. The summed E-state index contributed by atoms with van der Waals surface area (Å²) in [5.41, 5.74) is -1.89. The number of benzene rings is 1. The van der Waals surface area contributed by atoms with E-state index < -0.39 is 10.9 Å². The van der Waals surface area contributed by atoms with Crippen molar-refractivity contribution in [2.45, 2.75) is 40.6 Å². The van der Waals surface area contributed by atoms with Crippen LogP contribution in [0.5, 0.6) is 0 Å². The zero-order valence-electron chi connectivity index (χ0n) is 16.2. The number of hydrogen-bond donors (Lipinski definition) is 0. The molecule has 0 saturated heterocycles. The topological polar surface area (TPSA) is 67.1 Å². The van der Waals surface area contributed by atoms with Crippen molar-refractivity contribution in [1.29, 1.82) is 5.26 Å². The summed E-state index contributed by atoms with van der Waals surface area (Å²) in [5, 5.41) is 10.3. The third kappa shape index (κ3) is 3.66. The minimum absolute atomic E-state index is 0.0499. The number of pyridine rings is 1. The molecule has 3 heterocycles. The molecule has 0 aliphatic heterocycles. The Morgan fingerprint density at radius 3 is 2.71 bits per heavy atom. The van der Waals surface area contributed by atoms with Gasteiger partial charge < -0.3 is 4.42 Å². The molecule has 5 nitrogen and oxygen atoms in total. The number of fused-ring (bicyclic) bond motifs is 2. The molecule has 0 atom stereocenters. The molecule has 3 aromatic heterocycles. The normalized spacial score (nSPS) is 15.5. The fraction of sp³-hybridized carbons (Fsp3) is 0.286. The van der Waals surface area contributed by atoms with Gasteiger partial charge in [-0.25, -0.2) is 9.97 Å². The second-order valence-corrected chi connectivity index (χ2v) is 9.62. The van der Waals surface area contributed by atoms with Crippen LogP contribution in [0.1, 0.15) is 25.3 Å². The number of nitriles is 1. The molecule has 1 saturated carbocycles. The Kier molecular flexibility index (Phi) is 4.71. The van der Waals surface area contributed by atoms with E-state index in [0.717, 1.165) is 29.2 Å². The summed E-state index contributed by atoms with van der Waals surface area (Å²) >= 11 is 1.39. The Balaban J connectivity index is 1.60. The molecule has 1 aliphatic rings. The molecule has 1 aliphatic carbocycles. The molecule has 4 aromatic rings. The van der Waals surface area contributed by atoms with Crippen LogP contribution < -0.4 is 0 Å². The van der Waals surface area contributed by atoms with Crippen molar-refractivity contribution >= 4 is 40.3 Å². The highest BCUT2D eigenvalue weighted by atomic mass is 32.2. The fourth-order valence-electron chi connectivity index (χ4n) is 3.53. The van der Waals surface area contributed by atoms with Crippen LogP contribution in [0, 0.1) is 11.3 Å². The number of halogens is 3. The quantitative estimate of drug-likeness (QED) is 0.320. The molecule has 5 rings (SSSR count). The zero-order valence-corrected chi connectivity index (χ0v) is 17.9. The Labute approximate surface area is 183 Å². The number of thioether (sulfide) groups is 2. The van der Waals surface area contributed by atoms with Crippen LogP contribution >= 0.6 is 23.5 Å². The van der Waals surface area contributed by atoms with E-state index in [1.807, 2.05) is 29.7 Å². The molecule has 31 heavy (non-hydrogen) atoms. The lowest BCUT2D eigenvalue weighted by atomic mass is 9.99. The van der Waals surface area contributed by atoms with Crippen LogP contribution in [-0.2, 0) is 5.41 Å². The van der Waals surface area contributed by atoms with Gasteiger partial charge in [0.05, 0.1) is 11.5 Å². The predicted molar refractivity (Wildman–Crippen MR) is 113 cm³/mol. The van der Waals surface area contributed by atoms with E-state index in [0.29, 0.717) is 22.4 Å². The van der Waals surface area contributed by atoms with Crippen LogP contribution in [0.4, 0.5) is 13.2 Å². The van der Waals surface area contributed by atoms with Crippen molar-refractivity contribution in [2.24, 2.45) is 0 Å². The second kappa shape index (κ2) is 7.21. The maximum absolute atomic E-state index is 12.7. The predicted octanol–water partition coefficient (Wildman–Crippen LogP) is 6.42. The summed E-state index contributed by atoms with van der Waals surface area (Å²) in [5.74, 6) is 1.05. The third-order valence-electron chi connectivity index (χ3n) is 5.18. The van der Waals surface area contributed by atoms with E-state index in [1.54, 1.807) is 11.8 Å². The molecular weight excluding hydrogens is 445 g/mol. The SMILES string of the molecule is CCSc1c(-c2nc3cc(SC(F)(F)F)ccc3o2)nc2cc(C3(C#N)CC3)ccn12. The summed E-state index contributed by atoms with van der Waals surface area (Å²) in [6.07, 6.45) is 3.58. The standard InChI is InChI=1S/C21H15F3N4OS2/c1-2-30-19-17(27-16-9-12(5-8-28(16)19)20(11-25)6-7-20)18-26-14-10-13(31-21(22,23)24)3-4-15(14)29-18/h3-5,8-10H,2,6-7H2,1H3. The van der Waals surface area contributed by atoms with Gasteiger partial charge in [-0.15, -0.1) is 11.8 Å². The van der Waals surface area contributed by atoms with Crippen molar-refractivity contribution in [1.82, 2.24) is 14.4 Å². The first kappa shape index (κ1) is 20.3. The van der Waals surface area contributed by atoms with E-state index in [-0.39, 0.29) is 22.5 Å². The highest BCUT2D eigenvalue weighted by Gasteiger charge is 2.45. The van der Waals surface area contributed by atoms with Crippen molar-refractivity contribution in [3.63, 3.8) is 0 Å². The summed E-state index contributed by atoms with van der Waals surface area (Å²) in [4.78, 5) is 9.18. The van der Waals surface area contributed by atoms with Crippen LogP contribution in [0.2, 0.25) is 0 Å². The molecule has 1 fully saturated rings. The Hall–Kier alpha value is -2.64. The summed E-state index contributed by atoms with van der Waals surface area (Å²) < 4.78 is 45.9. The van der Waals surface area contributed by atoms with Crippen molar-refractivity contribution in [3.05, 3.63) is 42.1 Å². The molecular formula is C21H15F3N4OS2. The Bertz CT molecular complexity index is 1350. The van der Waals surface area contributed by atoms with Gasteiger partial charge in [0.2, 0.25) is 5.89 Å². The number of aromatic nitrogens is 3. The van der Waals surface area contributed by atoms with Crippen molar-refractivity contribution < 1.29 is 17.6 Å². The van der Waals surface area contributed by atoms with Crippen LogP contribution in [0.25, 0.3) is 28.3 Å². The van der Waals surface area contributed by atoms with Crippen LogP contribution in [-0.4, -0.2) is 25.6 Å².